The van der Waals surface area contributed by atoms with Gasteiger partial charge >= 0.3 is 24.4 Å². The second-order valence-corrected chi connectivity index (χ2v) is 14.3. The number of ether oxygens (including phenoxy) is 4. The number of rotatable bonds is 12. The van der Waals surface area contributed by atoms with Gasteiger partial charge in [0.25, 0.3) is 0 Å². The van der Waals surface area contributed by atoms with E-state index in [9.17, 15) is 19.2 Å². The van der Waals surface area contributed by atoms with E-state index >= 15 is 0 Å². The predicted molar refractivity (Wildman–Crippen MR) is 193 cm³/mol. The van der Waals surface area contributed by atoms with Crippen molar-refractivity contribution in [1.82, 2.24) is 0 Å². The zero-order valence-corrected chi connectivity index (χ0v) is 28.8. The van der Waals surface area contributed by atoms with Gasteiger partial charge in [0.15, 0.2) is 8.07 Å². The van der Waals surface area contributed by atoms with Gasteiger partial charge in [-0.15, -0.1) is 0 Å². The highest BCUT2D eigenvalue weighted by Crippen LogP contribution is 2.17. The summed E-state index contributed by atoms with van der Waals surface area (Å²) < 4.78 is 20.2. The summed E-state index contributed by atoms with van der Waals surface area (Å²) in [6.07, 6.45) is -2.23. The molecule has 0 heterocycles. The van der Waals surface area contributed by atoms with Gasteiger partial charge < -0.3 is 18.9 Å². The predicted octanol–water partition coefficient (Wildman–Crippen LogP) is 5.34. The highest BCUT2D eigenvalue weighted by Gasteiger charge is 2.41. The summed E-state index contributed by atoms with van der Waals surface area (Å²) in [5.41, 5.74) is 2.23. The number of amides is 4. The van der Waals surface area contributed by atoms with Crippen molar-refractivity contribution < 1.29 is 38.1 Å². The Labute approximate surface area is 286 Å². The summed E-state index contributed by atoms with van der Waals surface area (Å²) in [6.45, 7) is 7.89. The van der Waals surface area contributed by atoms with Gasteiger partial charge in [-0.25, -0.2) is 19.2 Å². The van der Waals surface area contributed by atoms with E-state index in [4.69, 9.17) is 18.9 Å². The maximum Gasteiger partial charge on any atom is 0.411 e. The first-order valence-electron chi connectivity index (χ1n) is 15.9. The van der Waals surface area contributed by atoms with Gasteiger partial charge in [-0.2, -0.15) is 0 Å². The monoisotopic (exact) mass is 684 g/mol. The SMILES string of the molecule is CCOC(=O)Nc1ccc([Si](c2ccc(NC(=O)OCC)cc2)(c2ccc(NC(=O)OCC)cc2)c2ccc(NC(=O)OCC)cc2)cc1. The molecule has 0 spiro atoms. The lowest BCUT2D eigenvalue weighted by molar-refractivity contribution is 0.167. The summed E-state index contributed by atoms with van der Waals surface area (Å²) >= 11 is 0. The summed E-state index contributed by atoms with van der Waals surface area (Å²) in [7, 11) is -3.19. The largest absolute Gasteiger partial charge is 0.450 e. The fourth-order valence-corrected chi connectivity index (χ4v) is 10.0. The maximum absolute atomic E-state index is 12.2. The standard InChI is InChI=1S/C36H40N4O8Si/c1-5-45-33(41)37-25-9-17-29(18-10-25)49(30-19-11-26(12-20-30)38-34(42)46-6-2,31-21-13-27(14-22-31)39-35(43)47-7-3)32-23-15-28(16-24-32)40-36(44)48-8-4/h9-24H,5-8H2,1-4H3,(H,37,41)(H,38,42)(H,39,43)(H,40,44). The first kappa shape index (κ1) is 36.0. The first-order valence-corrected chi connectivity index (χ1v) is 17.9. The lowest BCUT2D eigenvalue weighted by Crippen LogP contribution is -2.74. The molecular formula is C36H40N4O8Si. The van der Waals surface area contributed by atoms with Gasteiger partial charge in [-0.1, -0.05) is 48.5 Å². The Morgan fingerprint density at radius 2 is 0.571 bits per heavy atom. The smallest absolute Gasteiger partial charge is 0.411 e. The van der Waals surface area contributed by atoms with Crippen LogP contribution in [0.5, 0.6) is 0 Å². The molecule has 49 heavy (non-hydrogen) atoms. The van der Waals surface area contributed by atoms with Gasteiger partial charge in [0.05, 0.1) is 26.4 Å². The number of carbonyl (C=O) groups is 4. The minimum Gasteiger partial charge on any atom is -0.450 e. The van der Waals surface area contributed by atoms with Crippen LogP contribution in [0.2, 0.25) is 0 Å². The fourth-order valence-electron chi connectivity index (χ4n) is 5.35. The van der Waals surface area contributed by atoms with E-state index in [2.05, 4.69) is 21.3 Å². The molecule has 0 bridgehead atoms. The Hall–Kier alpha value is -5.82. The summed E-state index contributed by atoms with van der Waals surface area (Å²) in [6, 6.07) is 30.3. The zero-order valence-electron chi connectivity index (χ0n) is 27.8. The number of carbonyl (C=O) groups excluding carboxylic acids is 4. The Bertz CT molecular complexity index is 1450. The molecule has 0 fully saturated rings. The Kier molecular flexibility index (Phi) is 12.8. The third-order valence-corrected chi connectivity index (χ3v) is 12.2. The number of nitrogens with one attached hydrogen (secondary N) is 4. The van der Waals surface area contributed by atoms with Crippen LogP contribution < -0.4 is 42.0 Å². The van der Waals surface area contributed by atoms with E-state index in [0.717, 1.165) is 20.7 Å². The van der Waals surface area contributed by atoms with Crippen LogP contribution in [0.4, 0.5) is 41.9 Å². The maximum atomic E-state index is 12.2. The molecule has 0 aromatic heterocycles. The quantitative estimate of drug-likeness (QED) is 0.0887. The Morgan fingerprint density at radius 3 is 0.735 bits per heavy atom. The summed E-state index contributed by atoms with van der Waals surface area (Å²) in [4.78, 5) is 48.7. The molecule has 4 rings (SSSR count). The molecule has 0 atom stereocenters. The van der Waals surface area contributed by atoms with E-state index < -0.39 is 32.4 Å². The molecule has 4 amide bonds. The molecule has 4 aromatic rings. The van der Waals surface area contributed by atoms with Gasteiger partial charge in [0, 0.05) is 22.7 Å². The van der Waals surface area contributed by atoms with Crippen LogP contribution in [0, 0.1) is 0 Å². The minimum atomic E-state index is -3.19. The number of anilines is 4. The van der Waals surface area contributed by atoms with Crippen LogP contribution in [-0.4, -0.2) is 58.9 Å². The normalized spacial score (nSPS) is 10.7. The minimum absolute atomic E-state index is 0.239. The molecule has 12 nitrogen and oxygen atoms in total. The van der Waals surface area contributed by atoms with Crippen LogP contribution in [0.15, 0.2) is 97.1 Å². The second kappa shape index (κ2) is 17.4. The van der Waals surface area contributed by atoms with Crippen molar-refractivity contribution in [3.05, 3.63) is 97.1 Å². The van der Waals surface area contributed by atoms with Crippen LogP contribution in [0.25, 0.3) is 0 Å². The van der Waals surface area contributed by atoms with Crippen LogP contribution >= 0.6 is 0 Å². The van der Waals surface area contributed by atoms with Crippen molar-refractivity contribution >= 4 is 75.9 Å². The van der Waals surface area contributed by atoms with Gasteiger partial charge in [0.1, 0.15) is 0 Å². The first-order chi connectivity index (χ1) is 23.7. The molecule has 0 saturated carbocycles. The summed E-state index contributed by atoms with van der Waals surface area (Å²) in [5.74, 6) is 0. The Balaban J connectivity index is 1.91. The van der Waals surface area contributed by atoms with E-state index in [1.165, 1.54) is 0 Å². The van der Waals surface area contributed by atoms with Crippen molar-refractivity contribution in [2.45, 2.75) is 27.7 Å². The molecule has 256 valence electrons. The van der Waals surface area contributed by atoms with E-state index in [1.807, 2.05) is 97.1 Å². The lowest BCUT2D eigenvalue weighted by atomic mass is 10.3. The van der Waals surface area contributed by atoms with Crippen molar-refractivity contribution in [3.63, 3.8) is 0 Å². The van der Waals surface area contributed by atoms with Gasteiger partial charge in [0.2, 0.25) is 0 Å². The van der Waals surface area contributed by atoms with Gasteiger partial charge in [-0.3, -0.25) is 21.3 Å². The third kappa shape index (κ3) is 9.17. The van der Waals surface area contributed by atoms with Crippen molar-refractivity contribution in [1.29, 1.82) is 0 Å². The number of benzene rings is 4. The highest BCUT2D eigenvalue weighted by atomic mass is 28.3. The molecule has 0 saturated heterocycles. The molecular weight excluding hydrogens is 645 g/mol. The van der Waals surface area contributed by atoms with E-state index in [0.29, 0.717) is 22.7 Å². The molecule has 0 aliphatic heterocycles. The van der Waals surface area contributed by atoms with Crippen LogP contribution in [0.1, 0.15) is 27.7 Å². The molecule has 0 aliphatic carbocycles. The molecule has 0 radical (unpaired) electrons. The molecule has 13 heteroatoms. The molecule has 4 aromatic carbocycles. The number of hydrogen-bond donors (Lipinski definition) is 4. The topological polar surface area (TPSA) is 153 Å². The van der Waals surface area contributed by atoms with Crippen LogP contribution in [0.3, 0.4) is 0 Å². The second-order valence-electron chi connectivity index (χ2n) is 10.4. The highest BCUT2D eigenvalue weighted by molar-refractivity contribution is 7.19. The van der Waals surface area contributed by atoms with Crippen molar-refractivity contribution in [2.24, 2.45) is 0 Å². The van der Waals surface area contributed by atoms with Gasteiger partial charge in [-0.05, 0) is 97.0 Å². The molecule has 0 aliphatic rings. The van der Waals surface area contributed by atoms with E-state index in [-0.39, 0.29) is 26.4 Å². The zero-order chi connectivity index (χ0) is 35.2. The lowest BCUT2D eigenvalue weighted by Gasteiger charge is -2.35. The average Bonchev–Trinajstić information content (AvgIpc) is 3.08. The molecule has 4 N–H and O–H groups in total. The van der Waals surface area contributed by atoms with Crippen LogP contribution in [-0.2, 0) is 18.9 Å². The van der Waals surface area contributed by atoms with Crippen molar-refractivity contribution in [2.75, 3.05) is 47.7 Å². The summed E-state index contributed by atoms with van der Waals surface area (Å²) in [5, 5.41) is 14.8. The number of hydrogen-bond acceptors (Lipinski definition) is 8. The van der Waals surface area contributed by atoms with E-state index in [1.54, 1.807) is 27.7 Å². The fraction of sp³-hybridized carbons (Fsp3) is 0.222. The molecule has 0 unspecified atom stereocenters. The Morgan fingerprint density at radius 1 is 0.388 bits per heavy atom. The third-order valence-electron chi connectivity index (χ3n) is 7.36. The van der Waals surface area contributed by atoms with Crippen molar-refractivity contribution in [3.8, 4) is 0 Å². The average molecular weight is 685 g/mol.